The fourth-order valence-electron chi connectivity index (χ4n) is 5.33. The smallest absolute Gasteiger partial charge is 0.338 e. The van der Waals surface area contributed by atoms with E-state index in [1.54, 1.807) is 24.3 Å². The summed E-state index contributed by atoms with van der Waals surface area (Å²) >= 11 is 0. The van der Waals surface area contributed by atoms with E-state index in [-0.39, 0.29) is 6.03 Å². The van der Waals surface area contributed by atoms with Crippen molar-refractivity contribution >= 4 is 24.6 Å². The summed E-state index contributed by atoms with van der Waals surface area (Å²) in [6.07, 6.45) is 30.9. The van der Waals surface area contributed by atoms with Crippen LogP contribution in [0.3, 0.4) is 0 Å². The highest BCUT2D eigenvalue weighted by Crippen LogP contribution is 2.47. The molecule has 256 valence electrons. The summed E-state index contributed by atoms with van der Waals surface area (Å²) in [6, 6.07) is 6.76. The Morgan fingerprint density at radius 1 is 0.545 bits per heavy atom. The number of carbonyl (C=O) groups is 1. The Hall–Kier alpha value is -1.36. The second-order valence-electron chi connectivity index (χ2n) is 12.5. The molecule has 0 aliphatic rings. The van der Waals surface area contributed by atoms with E-state index in [1.165, 1.54) is 116 Å². The van der Waals surface area contributed by atoms with Gasteiger partial charge in [-0.3, -0.25) is 4.57 Å². The van der Waals surface area contributed by atoms with Gasteiger partial charge in [-0.2, -0.15) is 0 Å². The minimum Gasteiger partial charge on any atom is -0.338 e. The largest absolute Gasteiger partial charge is 0.361 e. The van der Waals surface area contributed by atoms with E-state index >= 15 is 0 Å². The molecular weight excluding hydrogens is 567 g/mol. The maximum Gasteiger partial charge on any atom is 0.361 e. The van der Waals surface area contributed by atoms with Gasteiger partial charge in [-0.1, -0.05) is 156 Å². The quantitative estimate of drug-likeness (QED) is 0.0628. The summed E-state index contributed by atoms with van der Waals surface area (Å²) in [5, 5.41) is 6.34. The van der Waals surface area contributed by atoms with Crippen molar-refractivity contribution in [1.29, 1.82) is 0 Å². The van der Waals surface area contributed by atoms with E-state index in [9.17, 15) is 9.36 Å². The van der Waals surface area contributed by atoms with Crippen molar-refractivity contribution in [3.8, 4) is 0 Å². The summed E-state index contributed by atoms with van der Waals surface area (Å²) in [5.74, 6) is 0. The van der Waals surface area contributed by atoms with Gasteiger partial charge in [0.25, 0.3) is 0 Å². The number of hydrogen-bond donors (Lipinski definition) is 2. The first-order valence-corrected chi connectivity index (χ1v) is 20.1. The van der Waals surface area contributed by atoms with Crippen molar-refractivity contribution in [3.63, 3.8) is 0 Å². The Balaban J connectivity index is 2.02. The average Bonchev–Trinajstić information content (AvgIpc) is 3.02. The van der Waals surface area contributed by atoms with E-state index in [2.05, 4.69) is 31.4 Å². The van der Waals surface area contributed by atoms with E-state index in [1.807, 2.05) is 0 Å². The summed E-state index contributed by atoms with van der Waals surface area (Å²) in [6.45, 7) is 7.91. The lowest BCUT2D eigenvalue weighted by Crippen LogP contribution is -2.29. The van der Waals surface area contributed by atoms with Gasteiger partial charge < -0.3 is 19.7 Å². The van der Waals surface area contributed by atoms with Gasteiger partial charge in [0.05, 0.1) is 18.5 Å². The van der Waals surface area contributed by atoms with Crippen LogP contribution < -0.4 is 15.9 Å². The number of nitrogens with one attached hydrogen (secondary N) is 2. The lowest BCUT2D eigenvalue weighted by molar-refractivity contribution is 0.208. The second kappa shape index (κ2) is 29.1. The first-order chi connectivity index (χ1) is 21.6. The van der Waals surface area contributed by atoms with Crippen LogP contribution in [-0.2, 0) is 13.6 Å². The van der Waals surface area contributed by atoms with E-state index in [0.29, 0.717) is 30.8 Å². The van der Waals surface area contributed by atoms with E-state index in [4.69, 9.17) is 9.05 Å². The third-order valence-electron chi connectivity index (χ3n) is 8.28. The highest BCUT2D eigenvalue weighted by atomic mass is 31.2. The van der Waals surface area contributed by atoms with Crippen LogP contribution in [0, 0.1) is 0 Å². The fraction of sp³-hybridized carbons (Fsp3) is 0.811. The fourth-order valence-corrected chi connectivity index (χ4v) is 6.96. The molecule has 2 amide bonds. The number of urea groups is 1. The standard InChI is InChI=1S/C37H69N2O4P/c1-4-7-10-11-12-13-14-15-16-17-18-19-20-21-22-23-24-25-26-27-32-38-37(40)39-35-28-30-36(31-29-35)44(41,42-33-8-5-2)43-34-9-6-3/h28-31H,4-27,32-34H2,1-3H3,(H2,38,39,40). The van der Waals surface area contributed by atoms with Gasteiger partial charge >= 0.3 is 13.6 Å². The molecule has 0 unspecified atom stereocenters. The predicted octanol–water partition coefficient (Wildman–Crippen LogP) is 12.1. The van der Waals surface area contributed by atoms with Crippen molar-refractivity contribution in [3.05, 3.63) is 24.3 Å². The molecule has 0 heterocycles. The van der Waals surface area contributed by atoms with Crippen LogP contribution in [0.5, 0.6) is 0 Å². The highest BCUT2D eigenvalue weighted by molar-refractivity contribution is 7.62. The highest BCUT2D eigenvalue weighted by Gasteiger charge is 2.27. The summed E-state index contributed by atoms with van der Waals surface area (Å²) in [5.41, 5.74) is 0.656. The first kappa shape index (κ1) is 40.7. The first-order valence-electron chi connectivity index (χ1n) is 18.6. The Labute approximate surface area is 272 Å². The molecule has 6 nitrogen and oxygen atoms in total. The normalized spacial score (nSPS) is 11.6. The van der Waals surface area contributed by atoms with Crippen LogP contribution in [-0.4, -0.2) is 25.8 Å². The number of benzene rings is 1. The number of unbranched alkanes of at least 4 members (excludes halogenated alkanes) is 21. The zero-order chi connectivity index (χ0) is 32.0. The zero-order valence-corrected chi connectivity index (χ0v) is 29.9. The summed E-state index contributed by atoms with van der Waals surface area (Å²) in [7, 11) is -3.37. The topological polar surface area (TPSA) is 76.7 Å². The Bertz CT molecular complexity index is 819. The minimum absolute atomic E-state index is 0.211. The van der Waals surface area contributed by atoms with Gasteiger partial charge in [-0.05, 0) is 43.5 Å². The number of amides is 2. The predicted molar refractivity (Wildman–Crippen MR) is 190 cm³/mol. The Kier molecular flexibility index (Phi) is 26.9. The molecule has 7 heteroatoms. The molecule has 1 rings (SSSR count). The molecule has 44 heavy (non-hydrogen) atoms. The molecule has 0 saturated heterocycles. The molecule has 0 spiro atoms. The lowest BCUT2D eigenvalue weighted by atomic mass is 10.0. The molecule has 1 aromatic carbocycles. The van der Waals surface area contributed by atoms with Crippen molar-refractivity contribution in [2.24, 2.45) is 0 Å². The third-order valence-corrected chi connectivity index (χ3v) is 10.3. The van der Waals surface area contributed by atoms with Gasteiger partial charge in [-0.25, -0.2) is 4.79 Å². The van der Waals surface area contributed by atoms with Crippen molar-refractivity contribution in [1.82, 2.24) is 5.32 Å². The monoisotopic (exact) mass is 636 g/mol. The number of anilines is 1. The van der Waals surface area contributed by atoms with Crippen LogP contribution in [0.1, 0.15) is 175 Å². The molecule has 0 aliphatic heterocycles. The maximum atomic E-state index is 13.4. The molecular formula is C37H69N2O4P. The Morgan fingerprint density at radius 2 is 0.909 bits per heavy atom. The summed E-state index contributed by atoms with van der Waals surface area (Å²) < 4.78 is 24.8. The molecule has 0 fully saturated rings. The molecule has 2 N–H and O–H groups in total. The zero-order valence-electron chi connectivity index (χ0n) is 29.0. The number of hydrogen-bond acceptors (Lipinski definition) is 4. The summed E-state index contributed by atoms with van der Waals surface area (Å²) in [4.78, 5) is 12.3. The number of carbonyl (C=O) groups excluding carboxylic acids is 1. The van der Waals surface area contributed by atoms with Gasteiger partial charge in [0.1, 0.15) is 0 Å². The molecule has 1 aromatic rings. The van der Waals surface area contributed by atoms with Crippen LogP contribution in [0.25, 0.3) is 0 Å². The van der Waals surface area contributed by atoms with Gasteiger partial charge in [0.15, 0.2) is 0 Å². The molecule has 0 aromatic heterocycles. The van der Waals surface area contributed by atoms with Crippen LogP contribution in [0.2, 0.25) is 0 Å². The van der Waals surface area contributed by atoms with Gasteiger partial charge in [0.2, 0.25) is 0 Å². The van der Waals surface area contributed by atoms with Crippen molar-refractivity contribution < 1.29 is 18.4 Å². The van der Waals surface area contributed by atoms with Crippen molar-refractivity contribution in [2.75, 3.05) is 25.1 Å². The van der Waals surface area contributed by atoms with Gasteiger partial charge in [0, 0.05) is 12.2 Å². The van der Waals surface area contributed by atoms with Crippen molar-refractivity contribution in [2.45, 2.75) is 175 Å². The second-order valence-corrected chi connectivity index (χ2v) is 14.5. The van der Waals surface area contributed by atoms with Crippen LogP contribution >= 0.6 is 7.60 Å². The lowest BCUT2D eigenvalue weighted by Gasteiger charge is -2.19. The Morgan fingerprint density at radius 3 is 1.30 bits per heavy atom. The SMILES string of the molecule is CCCCCCCCCCCCCCCCCCCCCCNC(=O)Nc1ccc(P(=O)(OCCCC)OCCCC)cc1. The average molecular weight is 637 g/mol. The van der Waals surface area contributed by atoms with Crippen LogP contribution in [0.4, 0.5) is 10.5 Å². The number of rotatable bonds is 31. The molecule has 0 atom stereocenters. The minimum atomic E-state index is -3.37. The third kappa shape index (κ3) is 22.2. The van der Waals surface area contributed by atoms with E-state index in [0.717, 1.165) is 38.5 Å². The maximum absolute atomic E-state index is 13.4. The van der Waals surface area contributed by atoms with Gasteiger partial charge in [-0.15, -0.1) is 0 Å². The van der Waals surface area contributed by atoms with Crippen LogP contribution in [0.15, 0.2) is 24.3 Å². The van der Waals surface area contributed by atoms with E-state index < -0.39 is 7.60 Å². The molecule has 0 saturated carbocycles. The molecule has 0 aliphatic carbocycles. The molecule has 0 radical (unpaired) electrons. The molecule has 0 bridgehead atoms.